The van der Waals surface area contributed by atoms with E-state index in [0.717, 1.165) is 109 Å². The molecule has 96 heavy (non-hydrogen) atoms. The lowest BCUT2D eigenvalue weighted by atomic mass is 10.0. The van der Waals surface area contributed by atoms with Crippen molar-refractivity contribution in [2.75, 3.05) is 47.5 Å². The molecule has 0 spiro atoms. The fraction of sp³-hybridized carbons (Fsp3) is 0.698. The third-order valence-electron chi connectivity index (χ3n) is 16.8. The number of quaternary nitrogens is 1. The number of hydrogen-bond donors (Lipinski definition) is 0. The lowest BCUT2D eigenvalue weighted by molar-refractivity contribution is -0.870. The highest BCUT2D eigenvalue weighted by atomic mass is 31.2. The fourth-order valence-electron chi connectivity index (χ4n) is 10.8. The number of allylic oxidation sites excluding steroid dienone is 24. The maximum atomic E-state index is 12.9. The molecule has 0 bridgehead atoms. The summed E-state index contributed by atoms with van der Waals surface area (Å²) in [5.74, 6) is -0.870. The number of carbonyl (C=O) groups excluding carboxylic acids is 2. The van der Waals surface area contributed by atoms with Crippen molar-refractivity contribution in [3.8, 4) is 0 Å². The minimum absolute atomic E-state index is 0.0437. The van der Waals surface area contributed by atoms with Crippen LogP contribution in [0.5, 0.6) is 0 Å². The molecule has 0 radical (unpaired) electrons. The lowest BCUT2D eigenvalue weighted by Gasteiger charge is -2.28. The Morgan fingerprint density at radius 1 is 0.333 bits per heavy atom. The molecule has 0 aromatic carbocycles. The Morgan fingerprint density at radius 3 is 0.906 bits per heavy atom. The third kappa shape index (κ3) is 78.9. The zero-order valence-electron chi connectivity index (χ0n) is 62.8. The maximum Gasteiger partial charge on any atom is 0.306 e. The average Bonchev–Trinajstić information content (AvgIpc) is 2.72. The Morgan fingerprint density at radius 2 is 0.594 bits per heavy atom. The van der Waals surface area contributed by atoms with Crippen LogP contribution in [0.15, 0.2) is 146 Å². The molecule has 0 amide bonds. The molecule has 2 atom stereocenters. The minimum atomic E-state index is -4.66. The van der Waals surface area contributed by atoms with Gasteiger partial charge in [-0.1, -0.05) is 346 Å². The van der Waals surface area contributed by atoms with Crippen LogP contribution < -0.4 is 4.89 Å². The lowest BCUT2D eigenvalue weighted by Crippen LogP contribution is -2.37. The van der Waals surface area contributed by atoms with Gasteiger partial charge in [-0.15, -0.1) is 0 Å². The first-order chi connectivity index (χ1) is 47.0. The van der Waals surface area contributed by atoms with E-state index in [-0.39, 0.29) is 26.1 Å². The monoisotopic (exact) mass is 1350 g/mol. The van der Waals surface area contributed by atoms with Crippen LogP contribution in [-0.2, 0) is 32.7 Å². The number of hydrogen-bond acceptors (Lipinski definition) is 8. The van der Waals surface area contributed by atoms with Crippen LogP contribution in [0.2, 0.25) is 0 Å². The van der Waals surface area contributed by atoms with Crippen molar-refractivity contribution in [1.82, 2.24) is 0 Å². The second-order valence-corrected chi connectivity index (χ2v) is 28.8. The molecule has 0 aromatic heterocycles. The summed E-state index contributed by atoms with van der Waals surface area (Å²) in [7, 11) is 1.13. The van der Waals surface area contributed by atoms with E-state index in [9.17, 15) is 19.0 Å². The number of ether oxygens (including phenoxy) is 2. The van der Waals surface area contributed by atoms with Crippen LogP contribution in [0.3, 0.4) is 0 Å². The van der Waals surface area contributed by atoms with Gasteiger partial charge in [-0.2, -0.15) is 0 Å². The number of unbranched alkanes of at least 4 members (excludes halogenated alkanes) is 34. The molecule has 0 aliphatic carbocycles. The Hall–Kier alpha value is -4.11. The molecule has 0 aliphatic rings. The van der Waals surface area contributed by atoms with Gasteiger partial charge < -0.3 is 27.9 Å². The van der Waals surface area contributed by atoms with Gasteiger partial charge in [0.05, 0.1) is 27.7 Å². The molecular formula is C86H148NO8P. The molecule has 9 nitrogen and oxygen atoms in total. The quantitative estimate of drug-likeness (QED) is 0.0195. The van der Waals surface area contributed by atoms with Crippen molar-refractivity contribution in [3.63, 3.8) is 0 Å². The molecule has 2 unspecified atom stereocenters. The highest BCUT2D eigenvalue weighted by molar-refractivity contribution is 7.45. The molecule has 0 aliphatic heterocycles. The van der Waals surface area contributed by atoms with Gasteiger partial charge >= 0.3 is 11.9 Å². The molecule has 0 N–H and O–H groups in total. The molecular weight excluding hydrogens is 1210 g/mol. The van der Waals surface area contributed by atoms with E-state index in [1.54, 1.807) is 0 Å². The Balaban J connectivity index is 4.08. The van der Waals surface area contributed by atoms with Crippen molar-refractivity contribution >= 4 is 19.8 Å². The number of phosphoric ester groups is 1. The Labute approximate surface area is 593 Å². The van der Waals surface area contributed by atoms with Crippen molar-refractivity contribution in [1.29, 1.82) is 0 Å². The zero-order chi connectivity index (χ0) is 69.7. The Bertz CT molecular complexity index is 2140. The average molecular weight is 1360 g/mol. The summed E-state index contributed by atoms with van der Waals surface area (Å²) in [5.41, 5.74) is 0. The summed E-state index contributed by atoms with van der Waals surface area (Å²) in [4.78, 5) is 38.1. The van der Waals surface area contributed by atoms with Gasteiger partial charge in [-0.25, -0.2) is 0 Å². The predicted octanol–water partition coefficient (Wildman–Crippen LogP) is 25.9. The second-order valence-electron chi connectivity index (χ2n) is 27.3. The highest BCUT2D eigenvalue weighted by Crippen LogP contribution is 2.38. The largest absolute Gasteiger partial charge is 0.756 e. The number of rotatable bonds is 72. The van der Waals surface area contributed by atoms with Gasteiger partial charge in [0, 0.05) is 12.8 Å². The summed E-state index contributed by atoms with van der Waals surface area (Å²) in [6.45, 7) is 4.11. The predicted molar refractivity (Wildman–Crippen MR) is 415 cm³/mol. The number of carbonyl (C=O) groups is 2. The van der Waals surface area contributed by atoms with Crippen LogP contribution in [-0.4, -0.2) is 70.0 Å². The normalized spacial score (nSPS) is 13.9. The smallest absolute Gasteiger partial charge is 0.306 e. The molecule has 0 fully saturated rings. The highest BCUT2D eigenvalue weighted by Gasteiger charge is 2.22. The van der Waals surface area contributed by atoms with E-state index in [2.05, 4.69) is 160 Å². The third-order valence-corrected chi connectivity index (χ3v) is 17.8. The SMILES string of the molecule is CC/C=C\C/C=C\C/C=C\C/C=C\C/C=C\C/C=C\C/C=C\C/C=C\C/C=C\C/C=C\C/C=C\CCCCCC(=O)OC(COC(=O)CCCCCCCCCCCCCCCCCCCCCCCCC/C=C\CCCCCCCCCC)COP(=O)([O-])OCC[N+](C)(C)C. The first-order valence-corrected chi connectivity index (χ1v) is 41.0. The van der Waals surface area contributed by atoms with Crippen LogP contribution in [0.4, 0.5) is 0 Å². The van der Waals surface area contributed by atoms with E-state index in [1.807, 2.05) is 21.1 Å². The fourth-order valence-corrected chi connectivity index (χ4v) is 11.6. The number of phosphoric acid groups is 1. The molecule has 0 heterocycles. The van der Waals surface area contributed by atoms with Crippen molar-refractivity contribution < 1.29 is 42.1 Å². The van der Waals surface area contributed by atoms with Gasteiger partial charge in [-0.3, -0.25) is 14.2 Å². The van der Waals surface area contributed by atoms with Crippen LogP contribution in [0.25, 0.3) is 0 Å². The van der Waals surface area contributed by atoms with Gasteiger partial charge in [-0.05, 0) is 122 Å². The molecule has 10 heteroatoms. The molecule has 0 rings (SSSR count). The minimum Gasteiger partial charge on any atom is -0.756 e. The number of likely N-dealkylation sites (N-methyl/N-ethyl adjacent to an activating group) is 1. The van der Waals surface area contributed by atoms with Crippen LogP contribution in [0, 0.1) is 0 Å². The van der Waals surface area contributed by atoms with Gasteiger partial charge in [0.15, 0.2) is 6.10 Å². The summed E-state index contributed by atoms with van der Waals surface area (Å²) in [6, 6.07) is 0. The topological polar surface area (TPSA) is 111 Å². The van der Waals surface area contributed by atoms with Crippen LogP contribution >= 0.6 is 7.82 Å². The first-order valence-electron chi connectivity index (χ1n) is 39.5. The van der Waals surface area contributed by atoms with Gasteiger partial charge in [0.2, 0.25) is 0 Å². The van der Waals surface area contributed by atoms with Gasteiger partial charge in [0.25, 0.3) is 7.82 Å². The zero-order valence-corrected chi connectivity index (χ0v) is 63.7. The second kappa shape index (κ2) is 75.1. The maximum absolute atomic E-state index is 12.9. The summed E-state index contributed by atoms with van der Waals surface area (Å²) in [6.07, 6.45) is 111. The number of esters is 2. The molecule has 550 valence electrons. The van der Waals surface area contributed by atoms with Crippen molar-refractivity contribution in [3.05, 3.63) is 146 Å². The molecule has 0 saturated carbocycles. The van der Waals surface area contributed by atoms with Gasteiger partial charge in [0.1, 0.15) is 19.8 Å². The van der Waals surface area contributed by atoms with E-state index in [0.29, 0.717) is 17.4 Å². The summed E-state index contributed by atoms with van der Waals surface area (Å²) >= 11 is 0. The van der Waals surface area contributed by atoms with Crippen molar-refractivity contribution in [2.24, 2.45) is 0 Å². The summed E-state index contributed by atoms with van der Waals surface area (Å²) in [5, 5.41) is 0. The first kappa shape index (κ1) is 91.9. The van der Waals surface area contributed by atoms with E-state index >= 15 is 0 Å². The summed E-state index contributed by atoms with van der Waals surface area (Å²) < 4.78 is 34.3. The number of nitrogens with zero attached hydrogens (tertiary/aromatic N) is 1. The van der Waals surface area contributed by atoms with E-state index in [1.165, 1.54) is 193 Å². The van der Waals surface area contributed by atoms with Crippen LogP contribution in [0.1, 0.15) is 335 Å². The van der Waals surface area contributed by atoms with E-state index < -0.39 is 32.5 Å². The van der Waals surface area contributed by atoms with Crippen molar-refractivity contribution in [2.45, 2.75) is 341 Å². The Kier molecular flexibility index (Phi) is 71.9. The molecule has 0 aromatic rings. The van der Waals surface area contributed by atoms with E-state index in [4.69, 9.17) is 18.5 Å². The standard InChI is InChI=1S/C86H148NO8P/c1-6-8-10-12-14-16-18-20-22-24-26-28-30-32-34-36-38-40-42-43-45-47-49-51-53-55-57-59-61-63-65-67-69-71-73-75-77-79-86(89)95-84(83-94-96(90,91)93-81-80-87(3,4)5)82-92-85(88)78-76-74-72-70-68-66-64-62-60-58-56-54-52-50-48-46-44-41-39-37-35-33-31-29-27-25-23-21-19-17-15-13-11-9-7-2/h8,10,14,16,20,22,25-28,32,34,38,40,43,45,49,51,55,57,61,63,67,69,84H,6-7,9,11-13,15,17-19,21,23-24,29-31,33,35-37,39,41-42,44,46-48,50,52-54,56,58-60,62,64-66,68,70-83H2,1-5H3/b10-8-,16-14-,22-20-,27-25-,28-26-,34-32-,40-38-,45-43-,51-49-,57-55-,63-61-,69-67-. The molecule has 0 saturated heterocycles.